The van der Waals surface area contributed by atoms with Crippen LogP contribution in [-0.4, -0.2) is 31.5 Å². The van der Waals surface area contributed by atoms with Crippen molar-refractivity contribution in [2.45, 2.75) is 19.9 Å². The Morgan fingerprint density at radius 2 is 2.27 bits per heavy atom. The maximum Gasteiger partial charge on any atom is 0.120 e. The van der Waals surface area contributed by atoms with E-state index in [1.165, 1.54) is 0 Å². The van der Waals surface area contributed by atoms with Gasteiger partial charge in [0.1, 0.15) is 11.5 Å². The minimum Gasteiger partial charge on any atom is -0.465 e. The molecule has 15 heavy (non-hydrogen) atoms. The van der Waals surface area contributed by atoms with Crippen LogP contribution in [0, 0.1) is 6.92 Å². The van der Waals surface area contributed by atoms with Gasteiger partial charge in [-0.25, -0.2) is 0 Å². The van der Waals surface area contributed by atoms with Crippen molar-refractivity contribution < 1.29 is 14.3 Å². The lowest BCUT2D eigenvalue weighted by Crippen LogP contribution is -2.23. The van der Waals surface area contributed by atoms with Crippen LogP contribution in [0.4, 0.5) is 0 Å². The minimum absolute atomic E-state index is 0.0763. The Morgan fingerprint density at radius 3 is 2.87 bits per heavy atom. The van der Waals surface area contributed by atoms with Crippen LogP contribution in [0.15, 0.2) is 16.5 Å². The first kappa shape index (κ1) is 12.2. The number of hydrogen-bond acceptors (Lipinski definition) is 4. The van der Waals surface area contributed by atoms with Gasteiger partial charge in [-0.3, -0.25) is 0 Å². The highest BCUT2D eigenvalue weighted by molar-refractivity contribution is 5.08. The van der Waals surface area contributed by atoms with E-state index in [0.717, 1.165) is 18.1 Å². The van der Waals surface area contributed by atoms with Crippen LogP contribution in [0.25, 0.3) is 0 Å². The average molecular weight is 213 g/mol. The van der Waals surface area contributed by atoms with E-state index in [2.05, 4.69) is 5.32 Å². The number of nitrogens with one attached hydrogen (secondary N) is 1. The maximum atomic E-state index is 8.50. The van der Waals surface area contributed by atoms with Crippen molar-refractivity contribution in [1.82, 2.24) is 5.32 Å². The molecule has 1 aromatic heterocycles. The fourth-order valence-electron chi connectivity index (χ4n) is 1.30. The Kier molecular flexibility index (Phi) is 5.39. The molecular weight excluding hydrogens is 194 g/mol. The van der Waals surface area contributed by atoms with Gasteiger partial charge in [-0.15, -0.1) is 0 Å². The van der Waals surface area contributed by atoms with Crippen LogP contribution < -0.4 is 5.32 Å². The van der Waals surface area contributed by atoms with Gasteiger partial charge in [-0.1, -0.05) is 0 Å². The van der Waals surface area contributed by atoms with E-state index in [1.807, 2.05) is 26.0 Å². The fourth-order valence-corrected chi connectivity index (χ4v) is 1.30. The van der Waals surface area contributed by atoms with Gasteiger partial charge < -0.3 is 19.6 Å². The van der Waals surface area contributed by atoms with E-state index >= 15 is 0 Å². The number of furan rings is 1. The molecule has 1 atom stereocenters. The van der Waals surface area contributed by atoms with Gasteiger partial charge in [0.2, 0.25) is 0 Å². The summed E-state index contributed by atoms with van der Waals surface area (Å²) in [6.07, 6.45) is 0. The lowest BCUT2D eigenvalue weighted by atomic mass is 10.2. The second-order valence-electron chi connectivity index (χ2n) is 3.46. The van der Waals surface area contributed by atoms with Gasteiger partial charge in [0.25, 0.3) is 0 Å². The van der Waals surface area contributed by atoms with Crippen LogP contribution in [0.2, 0.25) is 0 Å². The Hall–Kier alpha value is -0.840. The van der Waals surface area contributed by atoms with Crippen molar-refractivity contribution in [2.24, 2.45) is 0 Å². The van der Waals surface area contributed by atoms with Crippen molar-refractivity contribution in [3.05, 3.63) is 23.7 Å². The molecule has 0 spiro atoms. The molecule has 1 aromatic rings. The zero-order chi connectivity index (χ0) is 11.1. The molecule has 4 nitrogen and oxygen atoms in total. The summed E-state index contributed by atoms with van der Waals surface area (Å²) in [5.74, 6) is 1.87. The van der Waals surface area contributed by atoms with E-state index in [9.17, 15) is 0 Å². The summed E-state index contributed by atoms with van der Waals surface area (Å²) in [5.41, 5.74) is 0. The molecule has 0 fully saturated rings. The van der Waals surface area contributed by atoms with Gasteiger partial charge in [-0.05, 0) is 26.0 Å². The number of rotatable bonds is 7. The number of aryl methyl sites for hydroxylation is 1. The summed E-state index contributed by atoms with van der Waals surface area (Å²) in [6.45, 7) is 5.80. The van der Waals surface area contributed by atoms with E-state index in [0.29, 0.717) is 13.2 Å². The Labute approximate surface area is 90.2 Å². The highest BCUT2D eigenvalue weighted by Gasteiger charge is 2.07. The van der Waals surface area contributed by atoms with E-state index in [4.69, 9.17) is 14.3 Å². The lowest BCUT2D eigenvalue weighted by molar-refractivity contribution is 0.0925. The first-order chi connectivity index (χ1) is 7.24. The summed E-state index contributed by atoms with van der Waals surface area (Å²) in [4.78, 5) is 0. The van der Waals surface area contributed by atoms with Gasteiger partial charge in [-0.2, -0.15) is 0 Å². The summed E-state index contributed by atoms with van der Waals surface area (Å²) < 4.78 is 10.6. The molecule has 0 saturated carbocycles. The van der Waals surface area contributed by atoms with Crippen LogP contribution in [0.5, 0.6) is 0 Å². The van der Waals surface area contributed by atoms with Crippen molar-refractivity contribution in [3.63, 3.8) is 0 Å². The van der Waals surface area contributed by atoms with Gasteiger partial charge >= 0.3 is 0 Å². The van der Waals surface area contributed by atoms with Crippen molar-refractivity contribution >= 4 is 0 Å². The molecular formula is C11H19NO3. The van der Waals surface area contributed by atoms with E-state index in [1.54, 1.807) is 0 Å². The Bertz CT molecular complexity index is 273. The summed E-state index contributed by atoms with van der Waals surface area (Å²) in [6, 6.07) is 4.12. The number of ether oxygens (including phenoxy) is 1. The van der Waals surface area contributed by atoms with Gasteiger partial charge in [0.05, 0.1) is 25.9 Å². The predicted octanol–water partition coefficient (Wildman–Crippen LogP) is 1.25. The zero-order valence-corrected chi connectivity index (χ0v) is 9.32. The summed E-state index contributed by atoms with van der Waals surface area (Å²) in [5, 5.41) is 11.8. The number of aliphatic hydroxyl groups excluding tert-OH is 1. The van der Waals surface area contributed by atoms with Crippen molar-refractivity contribution in [2.75, 3.05) is 26.4 Å². The molecule has 0 aliphatic carbocycles. The van der Waals surface area contributed by atoms with E-state index in [-0.39, 0.29) is 12.6 Å². The smallest absolute Gasteiger partial charge is 0.120 e. The topological polar surface area (TPSA) is 54.6 Å². The van der Waals surface area contributed by atoms with Crippen molar-refractivity contribution in [3.8, 4) is 0 Å². The second-order valence-corrected chi connectivity index (χ2v) is 3.46. The fraction of sp³-hybridized carbons (Fsp3) is 0.636. The SMILES string of the molecule is Cc1ccc(C(C)NCCOCCO)o1. The molecule has 86 valence electrons. The van der Waals surface area contributed by atoms with Crippen LogP contribution in [-0.2, 0) is 4.74 Å². The normalized spacial score (nSPS) is 13.0. The molecule has 4 heteroatoms. The Balaban J connectivity index is 2.16. The van der Waals surface area contributed by atoms with E-state index < -0.39 is 0 Å². The molecule has 0 saturated heterocycles. The molecule has 0 aliphatic heterocycles. The van der Waals surface area contributed by atoms with Crippen LogP contribution in [0.1, 0.15) is 24.5 Å². The third kappa shape index (κ3) is 4.46. The van der Waals surface area contributed by atoms with Gasteiger partial charge in [0.15, 0.2) is 0 Å². The average Bonchev–Trinajstić information content (AvgIpc) is 2.64. The standard InChI is InChI=1S/C11H19NO3/c1-9-3-4-11(15-9)10(2)12-5-7-14-8-6-13/h3-4,10,12-13H,5-8H2,1-2H3. The Morgan fingerprint density at radius 1 is 1.47 bits per heavy atom. The molecule has 0 radical (unpaired) electrons. The van der Waals surface area contributed by atoms with Crippen molar-refractivity contribution in [1.29, 1.82) is 0 Å². The quantitative estimate of drug-likeness (QED) is 0.669. The largest absolute Gasteiger partial charge is 0.465 e. The predicted molar refractivity (Wildman–Crippen MR) is 57.8 cm³/mol. The third-order valence-corrected chi connectivity index (χ3v) is 2.12. The number of hydrogen-bond donors (Lipinski definition) is 2. The molecule has 1 unspecified atom stereocenters. The highest BCUT2D eigenvalue weighted by Crippen LogP contribution is 2.14. The molecule has 1 heterocycles. The maximum absolute atomic E-state index is 8.50. The highest BCUT2D eigenvalue weighted by atomic mass is 16.5. The van der Waals surface area contributed by atoms with Crippen LogP contribution in [0.3, 0.4) is 0 Å². The molecule has 0 aromatic carbocycles. The monoisotopic (exact) mass is 213 g/mol. The summed E-state index contributed by atoms with van der Waals surface area (Å²) in [7, 11) is 0. The molecule has 1 rings (SSSR count). The number of aliphatic hydroxyl groups is 1. The minimum atomic E-state index is 0.0763. The lowest BCUT2D eigenvalue weighted by Gasteiger charge is -2.11. The molecule has 0 aliphatic rings. The molecule has 0 amide bonds. The third-order valence-electron chi connectivity index (χ3n) is 2.12. The first-order valence-corrected chi connectivity index (χ1v) is 5.22. The first-order valence-electron chi connectivity index (χ1n) is 5.22. The summed E-state index contributed by atoms with van der Waals surface area (Å²) >= 11 is 0. The zero-order valence-electron chi connectivity index (χ0n) is 9.32. The molecule has 0 bridgehead atoms. The van der Waals surface area contributed by atoms with Gasteiger partial charge in [0, 0.05) is 6.54 Å². The second kappa shape index (κ2) is 6.61. The van der Waals surface area contributed by atoms with Crippen LogP contribution >= 0.6 is 0 Å². The molecule has 2 N–H and O–H groups in total.